The maximum atomic E-state index is 5.78. The molecule has 1 aromatic carbocycles. The van der Waals surface area contributed by atoms with Gasteiger partial charge in [0.2, 0.25) is 0 Å². The van der Waals surface area contributed by atoms with Gasteiger partial charge in [-0.3, -0.25) is 4.99 Å². The van der Waals surface area contributed by atoms with Crippen molar-refractivity contribution in [3.8, 4) is 0 Å². The van der Waals surface area contributed by atoms with Crippen molar-refractivity contribution in [3.63, 3.8) is 0 Å². The van der Waals surface area contributed by atoms with Crippen LogP contribution in [0.25, 0.3) is 0 Å². The number of pyridine rings is 1. The van der Waals surface area contributed by atoms with Gasteiger partial charge in [-0.2, -0.15) is 0 Å². The van der Waals surface area contributed by atoms with Crippen LogP contribution in [0.1, 0.15) is 11.1 Å². The highest BCUT2D eigenvalue weighted by Gasteiger charge is 2.00. The summed E-state index contributed by atoms with van der Waals surface area (Å²) in [6, 6.07) is 12.3. The van der Waals surface area contributed by atoms with E-state index in [1.165, 1.54) is 10.5 Å². The van der Waals surface area contributed by atoms with Crippen LogP contribution in [0.15, 0.2) is 52.5 Å². The average Bonchev–Trinajstić information content (AvgIpc) is 2.60. The predicted octanol–water partition coefficient (Wildman–Crippen LogP) is 3.98. The molecule has 0 unspecified atom stereocenters. The maximum Gasteiger partial charge on any atom is 0.191 e. The Morgan fingerprint density at radius 2 is 1.83 bits per heavy atom. The first kappa shape index (κ1) is 21.1. The van der Waals surface area contributed by atoms with E-state index in [4.69, 9.17) is 11.6 Å². The van der Waals surface area contributed by atoms with Crippen LogP contribution in [0, 0.1) is 0 Å². The summed E-state index contributed by atoms with van der Waals surface area (Å²) in [6.07, 6.45) is 4.75. The van der Waals surface area contributed by atoms with Crippen molar-refractivity contribution in [2.24, 2.45) is 4.99 Å². The number of hydrogen-bond acceptors (Lipinski definition) is 3. The molecule has 0 atom stereocenters. The fraction of sp³-hybridized carbons (Fsp3) is 0.294. The quantitative estimate of drug-likeness (QED) is 0.218. The van der Waals surface area contributed by atoms with Gasteiger partial charge < -0.3 is 10.6 Å². The number of aromatic nitrogens is 1. The minimum absolute atomic E-state index is 0. The average molecular weight is 477 g/mol. The van der Waals surface area contributed by atoms with E-state index in [0.29, 0.717) is 5.15 Å². The highest BCUT2D eigenvalue weighted by molar-refractivity contribution is 14.0. The number of hydrogen-bond donors (Lipinski definition) is 2. The lowest BCUT2D eigenvalue weighted by Crippen LogP contribution is -2.37. The molecule has 2 N–H and O–H groups in total. The van der Waals surface area contributed by atoms with Gasteiger partial charge in [0, 0.05) is 31.2 Å². The largest absolute Gasteiger partial charge is 0.356 e. The third-order valence-corrected chi connectivity index (χ3v) is 4.30. The Morgan fingerprint density at radius 3 is 2.42 bits per heavy atom. The second-order valence-corrected chi connectivity index (χ2v) is 6.21. The first-order valence-corrected chi connectivity index (χ1v) is 8.99. The van der Waals surface area contributed by atoms with Crippen LogP contribution >= 0.6 is 47.3 Å². The Morgan fingerprint density at radius 1 is 1.12 bits per heavy atom. The molecule has 4 nitrogen and oxygen atoms in total. The predicted molar refractivity (Wildman–Crippen MR) is 115 cm³/mol. The minimum atomic E-state index is 0. The molecule has 2 aromatic rings. The molecule has 0 saturated carbocycles. The van der Waals surface area contributed by atoms with Gasteiger partial charge in [0.15, 0.2) is 5.96 Å². The Labute approximate surface area is 169 Å². The van der Waals surface area contributed by atoms with Crippen molar-refractivity contribution in [1.29, 1.82) is 0 Å². The van der Waals surface area contributed by atoms with Crippen molar-refractivity contribution in [3.05, 3.63) is 58.9 Å². The van der Waals surface area contributed by atoms with Crippen LogP contribution in [0.2, 0.25) is 5.15 Å². The fourth-order valence-corrected chi connectivity index (χ4v) is 2.55. The summed E-state index contributed by atoms with van der Waals surface area (Å²) in [7, 11) is 1.77. The number of thioether (sulfide) groups is 1. The molecule has 0 saturated heterocycles. The molecule has 24 heavy (non-hydrogen) atoms. The number of nitrogens with zero attached hydrogens (tertiary/aromatic N) is 2. The standard InChI is InChI=1S/C17H21ClN4S.HI/c1-19-17(20-10-9-14-5-8-16(18)21-11-14)22-12-13-3-6-15(23-2)7-4-13;/h3-8,11H,9-10,12H2,1-2H3,(H2,19,20,22);1H. The van der Waals surface area contributed by atoms with E-state index in [9.17, 15) is 0 Å². The molecule has 0 spiro atoms. The van der Waals surface area contributed by atoms with Crippen molar-refractivity contribution in [1.82, 2.24) is 15.6 Å². The van der Waals surface area contributed by atoms with Gasteiger partial charge in [-0.25, -0.2) is 4.98 Å². The van der Waals surface area contributed by atoms with Crippen LogP contribution in [-0.4, -0.2) is 30.8 Å². The number of nitrogens with one attached hydrogen (secondary N) is 2. The summed E-state index contributed by atoms with van der Waals surface area (Å²) in [5.41, 5.74) is 2.37. The summed E-state index contributed by atoms with van der Waals surface area (Å²) in [6.45, 7) is 1.53. The molecule has 0 bridgehead atoms. The van der Waals surface area contributed by atoms with Gasteiger partial charge in [0.25, 0.3) is 0 Å². The lowest BCUT2D eigenvalue weighted by molar-refractivity contribution is 0.793. The summed E-state index contributed by atoms with van der Waals surface area (Å²) in [5, 5.41) is 7.13. The van der Waals surface area contributed by atoms with Gasteiger partial charge in [-0.15, -0.1) is 35.7 Å². The molecular weight excluding hydrogens is 455 g/mol. The Kier molecular flexibility index (Phi) is 10.1. The van der Waals surface area contributed by atoms with E-state index >= 15 is 0 Å². The van der Waals surface area contributed by atoms with Gasteiger partial charge in [-0.05, 0) is 42.0 Å². The second-order valence-electron chi connectivity index (χ2n) is 4.94. The highest BCUT2D eigenvalue weighted by Crippen LogP contribution is 2.14. The van der Waals surface area contributed by atoms with Gasteiger partial charge in [-0.1, -0.05) is 29.8 Å². The monoisotopic (exact) mass is 476 g/mol. The number of aliphatic imine (C=N–C) groups is 1. The van der Waals surface area contributed by atoms with E-state index < -0.39 is 0 Å². The Hall–Kier alpha value is -0.990. The zero-order chi connectivity index (χ0) is 16.5. The third-order valence-electron chi connectivity index (χ3n) is 3.34. The summed E-state index contributed by atoms with van der Waals surface area (Å²) < 4.78 is 0. The fourth-order valence-electron chi connectivity index (χ4n) is 2.03. The van der Waals surface area contributed by atoms with Crippen LogP contribution in [0.5, 0.6) is 0 Å². The molecule has 0 aliphatic heterocycles. The first-order valence-electron chi connectivity index (χ1n) is 7.39. The van der Waals surface area contributed by atoms with Crippen molar-refractivity contribution in [2.75, 3.05) is 19.8 Å². The Bertz CT molecular complexity index is 632. The lowest BCUT2D eigenvalue weighted by Gasteiger charge is -2.12. The van der Waals surface area contributed by atoms with E-state index in [-0.39, 0.29) is 24.0 Å². The molecular formula is C17H22ClIN4S. The highest BCUT2D eigenvalue weighted by atomic mass is 127. The normalized spacial score (nSPS) is 10.9. The van der Waals surface area contributed by atoms with Crippen LogP contribution in [0.4, 0.5) is 0 Å². The molecule has 7 heteroatoms. The topological polar surface area (TPSA) is 49.3 Å². The SMILES string of the molecule is CN=C(NCCc1ccc(Cl)nc1)NCc1ccc(SC)cc1.I. The van der Waals surface area contributed by atoms with Crippen LogP contribution in [-0.2, 0) is 13.0 Å². The van der Waals surface area contributed by atoms with Crippen molar-refractivity contribution >= 4 is 53.3 Å². The van der Waals surface area contributed by atoms with E-state index in [0.717, 1.165) is 31.0 Å². The maximum absolute atomic E-state index is 5.78. The molecule has 2 rings (SSSR count). The third kappa shape index (κ3) is 7.27. The van der Waals surface area contributed by atoms with E-state index in [1.807, 2.05) is 12.1 Å². The van der Waals surface area contributed by atoms with Crippen molar-refractivity contribution < 1.29 is 0 Å². The number of guanidine groups is 1. The summed E-state index contributed by atoms with van der Waals surface area (Å²) >= 11 is 7.53. The molecule has 1 heterocycles. The number of halogens is 2. The van der Waals surface area contributed by atoms with Gasteiger partial charge in [0.1, 0.15) is 5.15 Å². The minimum Gasteiger partial charge on any atom is -0.356 e. The molecule has 0 aliphatic carbocycles. The smallest absolute Gasteiger partial charge is 0.191 e. The molecule has 1 aromatic heterocycles. The van der Waals surface area contributed by atoms with Crippen molar-refractivity contribution in [2.45, 2.75) is 17.9 Å². The molecule has 0 aliphatic rings. The lowest BCUT2D eigenvalue weighted by atomic mass is 10.2. The van der Waals surface area contributed by atoms with E-state index in [1.54, 1.807) is 25.0 Å². The molecule has 0 fully saturated rings. The summed E-state index contributed by atoms with van der Waals surface area (Å²) in [5.74, 6) is 0.792. The number of benzene rings is 1. The number of rotatable bonds is 6. The zero-order valence-electron chi connectivity index (χ0n) is 13.8. The molecule has 130 valence electrons. The Balaban J connectivity index is 0.00000288. The molecule has 0 amide bonds. The van der Waals surface area contributed by atoms with E-state index in [2.05, 4.69) is 51.1 Å². The van der Waals surface area contributed by atoms with Crippen LogP contribution in [0.3, 0.4) is 0 Å². The molecule has 0 radical (unpaired) electrons. The van der Waals surface area contributed by atoms with Crippen LogP contribution < -0.4 is 10.6 Å². The second kappa shape index (κ2) is 11.5. The zero-order valence-corrected chi connectivity index (χ0v) is 17.7. The first-order chi connectivity index (χ1) is 11.2. The van der Waals surface area contributed by atoms with Gasteiger partial charge >= 0.3 is 0 Å². The van der Waals surface area contributed by atoms with Gasteiger partial charge in [0.05, 0.1) is 0 Å². The summed E-state index contributed by atoms with van der Waals surface area (Å²) in [4.78, 5) is 9.58.